The number of halogens is 2. The van der Waals surface area contributed by atoms with Crippen molar-refractivity contribution in [2.75, 3.05) is 23.3 Å². The summed E-state index contributed by atoms with van der Waals surface area (Å²) in [6, 6.07) is 9.69. The molecule has 0 saturated carbocycles. The number of nitrogens with two attached hydrogens (primary N) is 1. The number of imidazole rings is 1. The first-order valence-electron chi connectivity index (χ1n) is 12.1. The van der Waals surface area contributed by atoms with Gasteiger partial charge in [0.1, 0.15) is 11.6 Å². The first-order valence-corrected chi connectivity index (χ1v) is 12.1. The fourth-order valence-corrected chi connectivity index (χ4v) is 4.82. The molecule has 0 aliphatic carbocycles. The van der Waals surface area contributed by atoms with Gasteiger partial charge in [0.15, 0.2) is 0 Å². The van der Waals surface area contributed by atoms with E-state index in [-0.39, 0.29) is 22.9 Å². The number of aromatic nitrogens is 4. The van der Waals surface area contributed by atoms with Crippen LogP contribution < -0.4 is 16.0 Å². The third-order valence-corrected chi connectivity index (χ3v) is 6.76. The van der Waals surface area contributed by atoms with Gasteiger partial charge >= 0.3 is 0 Å². The average molecular weight is 503 g/mol. The number of rotatable bonds is 5. The topological polar surface area (TPSA) is 108 Å². The van der Waals surface area contributed by atoms with E-state index in [0.29, 0.717) is 17.4 Å². The zero-order valence-electron chi connectivity index (χ0n) is 20.9. The van der Waals surface area contributed by atoms with Gasteiger partial charge in [-0.05, 0) is 62.1 Å². The highest BCUT2D eigenvalue weighted by atomic mass is 19.1. The Balaban J connectivity index is 1.51. The number of piperidine rings is 1. The molecule has 3 aromatic heterocycles. The minimum Gasteiger partial charge on any atom is -0.368 e. The predicted octanol–water partition coefficient (Wildman–Crippen LogP) is 4.79. The minimum absolute atomic E-state index is 0.0798. The van der Waals surface area contributed by atoms with Gasteiger partial charge in [-0.25, -0.2) is 13.8 Å². The Morgan fingerprint density at radius 2 is 1.89 bits per heavy atom. The number of nitriles is 1. The van der Waals surface area contributed by atoms with Gasteiger partial charge in [0.25, 0.3) is 0 Å². The normalized spacial score (nSPS) is 18.1. The van der Waals surface area contributed by atoms with Crippen molar-refractivity contribution in [2.45, 2.75) is 38.6 Å². The Morgan fingerprint density at radius 3 is 2.59 bits per heavy atom. The Labute approximate surface area is 213 Å². The van der Waals surface area contributed by atoms with Crippen LogP contribution in [-0.2, 0) is 5.41 Å². The van der Waals surface area contributed by atoms with Crippen molar-refractivity contribution in [1.29, 1.82) is 5.26 Å². The number of nitrogens with one attached hydrogen (secondary N) is 1. The molecule has 3 N–H and O–H groups in total. The Hall–Kier alpha value is -4.10. The van der Waals surface area contributed by atoms with E-state index in [4.69, 9.17) is 5.73 Å². The van der Waals surface area contributed by atoms with Gasteiger partial charge in [0.05, 0.1) is 52.0 Å². The molecule has 1 aromatic carbocycles. The first-order chi connectivity index (χ1) is 17.7. The van der Waals surface area contributed by atoms with E-state index in [2.05, 4.69) is 38.3 Å². The molecule has 4 aromatic rings. The first kappa shape index (κ1) is 24.6. The standard InChI is InChI=1S/C27H28F2N8/c1-16-8-18(31)14-36(13-16)24-6-7-32-12-23(24)34-26-33-11-19-4-5-22(35-37(19)26)25-20(28)9-17(10-21(25)29)27(2,3)15-30/h4-7,9-12,16,18H,8,13-14,31H2,1-3H3,(H,33,34). The summed E-state index contributed by atoms with van der Waals surface area (Å²) < 4.78 is 31.7. The number of anilines is 3. The lowest BCUT2D eigenvalue weighted by molar-refractivity contribution is 0.402. The van der Waals surface area contributed by atoms with Gasteiger partial charge in [-0.3, -0.25) is 4.98 Å². The van der Waals surface area contributed by atoms with E-state index in [0.717, 1.165) is 30.9 Å². The second-order valence-corrected chi connectivity index (χ2v) is 10.2. The summed E-state index contributed by atoms with van der Waals surface area (Å²) in [6.45, 7) is 7.00. The third kappa shape index (κ3) is 4.70. The van der Waals surface area contributed by atoms with E-state index in [1.807, 2.05) is 6.07 Å². The summed E-state index contributed by atoms with van der Waals surface area (Å²) in [4.78, 5) is 10.9. The molecule has 1 aliphatic rings. The van der Waals surface area contributed by atoms with Crippen LogP contribution in [0.15, 0.2) is 48.9 Å². The number of pyridine rings is 1. The van der Waals surface area contributed by atoms with Crippen LogP contribution in [0.3, 0.4) is 0 Å². The third-order valence-electron chi connectivity index (χ3n) is 6.76. The number of nitrogens with zero attached hydrogens (tertiary/aromatic N) is 6. The van der Waals surface area contributed by atoms with Crippen LogP contribution >= 0.6 is 0 Å². The Kier molecular flexibility index (Phi) is 6.25. The molecule has 1 saturated heterocycles. The number of hydrogen-bond donors (Lipinski definition) is 2. The minimum atomic E-state index is -1.03. The van der Waals surface area contributed by atoms with Crippen molar-refractivity contribution < 1.29 is 8.78 Å². The zero-order valence-corrected chi connectivity index (χ0v) is 20.9. The molecule has 2 atom stereocenters. The smallest absolute Gasteiger partial charge is 0.229 e. The van der Waals surface area contributed by atoms with Crippen molar-refractivity contribution in [3.63, 3.8) is 0 Å². The largest absolute Gasteiger partial charge is 0.368 e. The molecule has 190 valence electrons. The van der Waals surface area contributed by atoms with Crippen molar-refractivity contribution >= 4 is 22.8 Å². The number of benzene rings is 1. The maximum atomic E-state index is 15.1. The van der Waals surface area contributed by atoms with Gasteiger partial charge < -0.3 is 16.0 Å². The van der Waals surface area contributed by atoms with Crippen molar-refractivity contribution in [3.8, 4) is 17.3 Å². The Morgan fingerprint density at radius 1 is 1.14 bits per heavy atom. The summed E-state index contributed by atoms with van der Waals surface area (Å²) in [5, 5.41) is 17.1. The van der Waals surface area contributed by atoms with Crippen LogP contribution in [0, 0.1) is 28.9 Å². The van der Waals surface area contributed by atoms with Crippen molar-refractivity contribution in [1.82, 2.24) is 19.6 Å². The molecule has 0 bridgehead atoms. The molecule has 1 aliphatic heterocycles. The summed E-state index contributed by atoms with van der Waals surface area (Å²) in [6.07, 6.45) is 6.04. The molecule has 1 fully saturated rings. The SMILES string of the molecule is CC1CC(N)CN(c2ccncc2Nc2ncc3ccc(-c4c(F)cc(C(C)(C)C#N)cc4F)nn23)C1. The van der Waals surface area contributed by atoms with Crippen LogP contribution in [0.25, 0.3) is 16.8 Å². The van der Waals surface area contributed by atoms with Crippen molar-refractivity contribution in [3.05, 3.63) is 66.1 Å². The van der Waals surface area contributed by atoms with Gasteiger partial charge in [-0.1, -0.05) is 6.92 Å². The fraction of sp³-hybridized carbons (Fsp3) is 0.333. The van der Waals surface area contributed by atoms with Crippen LogP contribution in [0.1, 0.15) is 32.8 Å². The van der Waals surface area contributed by atoms with E-state index < -0.39 is 17.0 Å². The lowest BCUT2D eigenvalue weighted by Gasteiger charge is -2.37. The van der Waals surface area contributed by atoms with Gasteiger partial charge in [0, 0.05) is 25.3 Å². The Bertz CT molecular complexity index is 1470. The molecular weight excluding hydrogens is 474 g/mol. The second kappa shape index (κ2) is 9.41. The van der Waals surface area contributed by atoms with Crippen LogP contribution in [0.2, 0.25) is 0 Å². The highest BCUT2D eigenvalue weighted by Gasteiger charge is 2.26. The monoisotopic (exact) mass is 502 g/mol. The molecule has 0 amide bonds. The molecule has 2 unspecified atom stereocenters. The van der Waals surface area contributed by atoms with E-state index in [1.165, 1.54) is 16.6 Å². The van der Waals surface area contributed by atoms with Crippen LogP contribution in [0.5, 0.6) is 0 Å². The van der Waals surface area contributed by atoms with Gasteiger partial charge in [0.2, 0.25) is 5.95 Å². The molecule has 0 spiro atoms. The quantitative estimate of drug-likeness (QED) is 0.404. The predicted molar refractivity (Wildman–Crippen MR) is 138 cm³/mol. The summed E-state index contributed by atoms with van der Waals surface area (Å²) >= 11 is 0. The molecule has 5 rings (SSSR count). The molecule has 37 heavy (non-hydrogen) atoms. The highest BCUT2D eigenvalue weighted by molar-refractivity contribution is 5.74. The molecule has 4 heterocycles. The molecule has 8 nitrogen and oxygen atoms in total. The van der Waals surface area contributed by atoms with Crippen molar-refractivity contribution in [2.24, 2.45) is 11.7 Å². The summed E-state index contributed by atoms with van der Waals surface area (Å²) in [5.74, 6) is -0.741. The van der Waals surface area contributed by atoms with Gasteiger partial charge in [-0.2, -0.15) is 14.9 Å². The molecule has 0 radical (unpaired) electrons. The van der Waals surface area contributed by atoms with E-state index >= 15 is 8.78 Å². The molecular formula is C27H28F2N8. The average Bonchev–Trinajstić information content (AvgIpc) is 3.25. The van der Waals surface area contributed by atoms with E-state index in [9.17, 15) is 5.26 Å². The van der Waals surface area contributed by atoms with Crippen LogP contribution in [-0.4, -0.2) is 38.7 Å². The summed E-state index contributed by atoms with van der Waals surface area (Å²) in [5.41, 5.74) is 7.65. The number of fused-ring (bicyclic) bond motifs is 1. The summed E-state index contributed by atoms with van der Waals surface area (Å²) in [7, 11) is 0. The maximum absolute atomic E-state index is 15.1. The second-order valence-electron chi connectivity index (χ2n) is 10.2. The zero-order chi connectivity index (χ0) is 26.3. The van der Waals surface area contributed by atoms with E-state index in [1.54, 1.807) is 44.6 Å². The highest BCUT2D eigenvalue weighted by Crippen LogP contribution is 2.33. The lowest BCUT2D eigenvalue weighted by atomic mass is 9.85. The fourth-order valence-electron chi connectivity index (χ4n) is 4.82. The molecule has 10 heteroatoms. The number of hydrogen-bond acceptors (Lipinski definition) is 7. The van der Waals surface area contributed by atoms with Crippen LogP contribution in [0.4, 0.5) is 26.1 Å². The lowest BCUT2D eigenvalue weighted by Crippen LogP contribution is -2.46. The van der Waals surface area contributed by atoms with Gasteiger partial charge in [-0.15, -0.1) is 0 Å². The maximum Gasteiger partial charge on any atom is 0.229 e.